The molecule has 1 unspecified atom stereocenters. The molecular formula is C9H21N3. The molecule has 0 amide bonds. The van der Waals surface area contributed by atoms with Gasteiger partial charge in [0.05, 0.1) is 0 Å². The zero-order valence-electron chi connectivity index (χ0n) is 8.51. The third-order valence-corrected chi connectivity index (χ3v) is 2.51. The standard InChI is InChI=1S/C9H21N3/c1-4-10-7-9-5-6-12(8-9)11(2)3/h9-10H,4-8H2,1-3H3. The van der Waals surface area contributed by atoms with E-state index in [-0.39, 0.29) is 0 Å². The minimum Gasteiger partial charge on any atom is -0.317 e. The lowest BCUT2D eigenvalue weighted by Gasteiger charge is -2.23. The molecule has 1 atom stereocenters. The predicted octanol–water partition coefficient (Wildman–Crippen LogP) is 0.394. The molecular weight excluding hydrogens is 150 g/mol. The molecule has 0 aliphatic carbocycles. The molecule has 3 heteroatoms. The molecule has 1 rings (SSSR count). The van der Waals surface area contributed by atoms with E-state index >= 15 is 0 Å². The van der Waals surface area contributed by atoms with Gasteiger partial charge in [-0.25, -0.2) is 10.0 Å². The lowest BCUT2D eigenvalue weighted by Crippen LogP contribution is -2.35. The van der Waals surface area contributed by atoms with Crippen molar-refractivity contribution in [2.75, 3.05) is 40.3 Å². The molecule has 12 heavy (non-hydrogen) atoms. The second kappa shape index (κ2) is 4.80. The van der Waals surface area contributed by atoms with Crippen LogP contribution in [0.2, 0.25) is 0 Å². The Labute approximate surface area is 75.7 Å². The molecule has 1 saturated heterocycles. The SMILES string of the molecule is CCNCC1CCN(N(C)C)C1. The van der Waals surface area contributed by atoms with Crippen molar-refractivity contribution in [3.8, 4) is 0 Å². The van der Waals surface area contributed by atoms with Crippen molar-refractivity contribution in [2.24, 2.45) is 5.92 Å². The van der Waals surface area contributed by atoms with Crippen LogP contribution in [-0.4, -0.2) is 50.3 Å². The quantitative estimate of drug-likeness (QED) is 0.660. The molecule has 0 bridgehead atoms. The fraction of sp³-hybridized carbons (Fsp3) is 1.00. The van der Waals surface area contributed by atoms with Crippen LogP contribution in [0.4, 0.5) is 0 Å². The van der Waals surface area contributed by atoms with Crippen molar-refractivity contribution < 1.29 is 0 Å². The molecule has 3 nitrogen and oxygen atoms in total. The van der Waals surface area contributed by atoms with Crippen LogP contribution in [0, 0.1) is 5.92 Å². The van der Waals surface area contributed by atoms with E-state index in [0.717, 1.165) is 12.5 Å². The van der Waals surface area contributed by atoms with E-state index in [2.05, 4.69) is 36.4 Å². The molecule has 1 aliphatic heterocycles. The molecule has 0 aromatic heterocycles. The lowest BCUT2D eigenvalue weighted by molar-refractivity contribution is 0.0492. The van der Waals surface area contributed by atoms with E-state index in [1.54, 1.807) is 0 Å². The summed E-state index contributed by atoms with van der Waals surface area (Å²) in [5.74, 6) is 0.854. The highest BCUT2D eigenvalue weighted by molar-refractivity contribution is 4.74. The van der Waals surface area contributed by atoms with Crippen molar-refractivity contribution in [2.45, 2.75) is 13.3 Å². The predicted molar refractivity (Wildman–Crippen MR) is 51.9 cm³/mol. The molecule has 1 N–H and O–H groups in total. The van der Waals surface area contributed by atoms with E-state index in [1.807, 2.05) is 0 Å². The molecule has 0 radical (unpaired) electrons. The van der Waals surface area contributed by atoms with Gasteiger partial charge in [-0.2, -0.15) is 0 Å². The van der Waals surface area contributed by atoms with Crippen molar-refractivity contribution in [3.63, 3.8) is 0 Å². The summed E-state index contributed by atoms with van der Waals surface area (Å²) in [6.07, 6.45) is 1.34. The highest BCUT2D eigenvalue weighted by atomic mass is 15.6. The molecule has 0 aromatic rings. The van der Waals surface area contributed by atoms with Gasteiger partial charge in [0.1, 0.15) is 0 Å². The van der Waals surface area contributed by atoms with Gasteiger partial charge in [0, 0.05) is 27.2 Å². The average Bonchev–Trinajstić information content (AvgIpc) is 2.48. The summed E-state index contributed by atoms with van der Waals surface area (Å²) in [7, 11) is 4.24. The van der Waals surface area contributed by atoms with Crippen LogP contribution in [0.5, 0.6) is 0 Å². The van der Waals surface area contributed by atoms with Gasteiger partial charge in [-0.05, 0) is 25.4 Å². The van der Waals surface area contributed by atoms with Gasteiger partial charge in [-0.3, -0.25) is 0 Å². The Balaban J connectivity index is 2.17. The third-order valence-electron chi connectivity index (χ3n) is 2.51. The Hall–Kier alpha value is -0.120. The van der Waals surface area contributed by atoms with Crippen molar-refractivity contribution in [1.82, 2.24) is 15.3 Å². The second-order valence-electron chi connectivity index (χ2n) is 3.72. The number of rotatable bonds is 4. The van der Waals surface area contributed by atoms with Gasteiger partial charge >= 0.3 is 0 Å². The topological polar surface area (TPSA) is 18.5 Å². The number of nitrogens with one attached hydrogen (secondary N) is 1. The van der Waals surface area contributed by atoms with Crippen LogP contribution in [0.3, 0.4) is 0 Å². The highest BCUT2D eigenvalue weighted by Gasteiger charge is 2.22. The Morgan fingerprint density at radius 2 is 2.25 bits per heavy atom. The molecule has 72 valence electrons. The summed E-state index contributed by atoms with van der Waals surface area (Å²) >= 11 is 0. The average molecular weight is 171 g/mol. The van der Waals surface area contributed by atoms with Crippen LogP contribution in [0.1, 0.15) is 13.3 Å². The summed E-state index contributed by atoms with van der Waals surface area (Å²) in [6, 6.07) is 0. The monoisotopic (exact) mass is 171 g/mol. The van der Waals surface area contributed by atoms with Gasteiger partial charge in [0.15, 0.2) is 0 Å². The fourth-order valence-electron chi connectivity index (χ4n) is 1.69. The summed E-state index contributed by atoms with van der Waals surface area (Å²) in [5, 5.41) is 8.01. The van der Waals surface area contributed by atoms with Crippen molar-refractivity contribution in [1.29, 1.82) is 0 Å². The highest BCUT2D eigenvalue weighted by Crippen LogP contribution is 2.15. The van der Waals surface area contributed by atoms with Crippen LogP contribution >= 0.6 is 0 Å². The van der Waals surface area contributed by atoms with E-state index in [0.29, 0.717) is 0 Å². The van der Waals surface area contributed by atoms with Crippen LogP contribution in [0.15, 0.2) is 0 Å². The second-order valence-corrected chi connectivity index (χ2v) is 3.72. The minimum atomic E-state index is 0.854. The fourth-order valence-corrected chi connectivity index (χ4v) is 1.69. The summed E-state index contributed by atoms with van der Waals surface area (Å²) < 4.78 is 0. The largest absolute Gasteiger partial charge is 0.317 e. The molecule has 0 saturated carbocycles. The molecule has 1 aliphatic rings. The van der Waals surface area contributed by atoms with Crippen LogP contribution in [-0.2, 0) is 0 Å². The zero-order chi connectivity index (χ0) is 8.97. The number of hydrogen-bond donors (Lipinski definition) is 1. The maximum atomic E-state index is 3.40. The Morgan fingerprint density at radius 3 is 2.75 bits per heavy atom. The Bertz CT molecular complexity index is 125. The van der Waals surface area contributed by atoms with Crippen LogP contribution in [0.25, 0.3) is 0 Å². The Morgan fingerprint density at radius 1 is 1.50 bits per heavy atom. The molecule has 1 fully saturated rings. The minimum absolute atomic E-state index is 0.854. The van der Waals surface area contributed by atoms with E-state index < -0.39 is 0 Å². The molecule has 1 heterocycles. The van der Waals surface area contributed by atoms with Crippen molar-refractivity contribution >= 4 is 0 Å². The van der Waals surface area contributed by atoms with Gasteiger partial charge in [-0.15, -0.1) is 0 Å². The first-order chi connectivity index (χ1) is 5.74. The first kappa shape index (κ1) is 9.96. The van der Waals surface area contributed by atoms with Crippen LogP contribution < -0.4 is 5.32 Å². The summed E-state index contributed by atoms with van der Waals surface area (Å²) in [6.45, 7) is 6.89. The molecule has 0 spiro atoms. The zero-order valence-corrected chi connectivity index (χ0v) is 8.51. The van der Waals surface area contributed by atoms with Crippen molar-refractivity contribution in [3.05, 3.63) is 0 Å². The van der Waals surface area contributed by atoms with E-state index in [1.165, 1.54) is 26.1 Å². The third kappa shape index (κ3) is 2.73. The molecule has 0 aromatic carbocycles. The van der Waals surface area contributed by atoms with E-state index in [9.17, 15) is 0 Å². The smallest absolute Gasteiger partial charge is 0.0174 e. The van der Waals surface area contributed by atoms with E-state index in [4.69, 9.17) is 0 Å². The normalized spacial score (nSPS) is 25.5. The lowest BCUT2D eigenvalue weighted by atomic mass is 10.1. The summed E-state index contributed by atoms with van der Waals surface area (Å²) in [4.78, 5) is 0. The van der Waals surface area contributed by atoms with Gasteiger partial charge in [0.25, 0.3) is 0 Å². The van der Waals surface area contributed by atoms with Gasteiger partial charge < -0.3 is 5.32 Å². The number of hydrogen-bond acceptors (Lipinski definition) is 3. The number of nitrogens with zero attached hydrogens (tertiary/aromatic N) is 2. The maximum Gasteiger partial charge on any atom is 0.0174 e. The summed E-state index contributed by atoms with van der Waals surface area (Å²) in [5.41, 5.74) is 0. The van der Waals surface area contributed by atoms with Gasteiger partial charge in [0.2, 0.25) is 0 Å². The maximum absolute atomic E-state index is 3.40. The number of hydrazine groups is 1. The first-order valence-electron chi connectivity index (χ1n) is 4.87. The Kier molecular flexibility index (Phi) is 3.98. The van der Waals surface area contributed by atoms with Gasteiger partial charge in [-0.1, -0.05) is 6.92 Å². The first-order valence-corrected chi connectivity index (χ1v) is 4.87.